The van der Waals surface area contributed by atoms with Crippen LogP contribution in [0.2, 0.25) is 0 Å². The van der Waals surface area contributed by atoms with Crippen molar-refractivity contribution in [1.29, 1.82) is 0 Å². The molecular weight excluding hydrogens is 470 g/mol. The summed E-state index contributed by atoms with van der Waals surface area (Å²) in [4.78, 5) is 0. The van der Waals surface area contributed by atoms with E-state index in [2.05, 4.69) is 0 Å². The summed E-state index contributed by atoms with van der Waals surface area (Å²) in [7, 11) is 0. The minimum atomic E-state index is -5.00. The molecule has 2 nitrogen and oxygen atoms in total. The average Bonchev–Trinajstić information content (AvgIpc) is 2.81. The maximum atomic E-state index is 15.4. The first-order chi connectivity index (χ1) is 16.5. The fourth-order valence-corrected chi connectivity index (χ4v) is 4.76. The number of benzene rings is 2. The number of hydrogen-bond acceptors (Lipinski definition) is 2. The molecule has 2 unspecified atom stereocenters. The van der Waals surface area contributed by atoms with Crippen molar-refractivity contribution in [3.05, 3.63) is 82.4 Å². The number of allylic oxidation sites excluding steroid dienone is 4. The van der Waals surface area contributed by atoms with Gasteiger partial charge in [0.1, 0.15) is 17.8 Å². The summed E-state index contributed by atoms with van der Waals surface area (Å²) in [5, 5.41) is 0. The molecule has 2 aromatic carbocycles. The second-order valence-corrected chi connectivity index (χ2v) is 8.95. The summed E-state index contributed by atoms with van der Waals surface area (Å²) in [6.45, 7) is 4.12. The normalized spacial score (nSPS) is 24.1. The molecule has 2 aliphatic carbocycles. The van der Waals surface area contributed by atoms with Crippen LogP contribution in [0.15, 0.2) is 54.3 Å². The summed E-state index contributed by atoms with van der Waals surface area (Å²) in [6, 6.07) is 9.49. The highest BCUT2D eigenvalue weighted by molar-refractivity contribution is 5.81. The Morgan fingerprint density at radius 2 is 1.54 bits per heavy atom. The van der Waals surface area contributed by atoms with Gasteiger partial charge >= 0.3 is 11.8 Å². The van der Waals surface area contributed by atoms with Crippen LogP contribution in [0.5, 0.6) is 5.75 Å². The lowest BCUT2D eigenvalue weighted by Crippen LogP contribution is -2.60. The van der Waals surface area contributed by atoms with Crippen molar-refractivity contribution in [3.63, 3.8) is 0 Å². The molecule has 2 aliphatic rings. The molecule has 0 aromatic heterocycles. The molecule has 0 fully saturated rings. The van der Waals surface area contributed by atoms with E-state index in [1.807, 2.05) is 19.1 Å². The first-order valence-corrected chi connectivity index (χ1v) is 11.5. The molecular formula is C27H26F6O2. The zero-order valence-electron chi connectivity index (χ0n) is 19.6. The van der Waals surface area contributed by atoms with Crippen LogP contribution in [0.3, 0.4) is 0 Å². The van der Waals surface area contributed by atoms with Crippen molar-refractivity contribution < 1.29 is 35.8 Å². The third kappa shape index (κ3) is 3.72. The molecule has 8 heteroatoms. The quantitative estimate of drug-likeness (QED) is 0.365. The highest BCUT2D eigenvalue weighted by atomic mass is 19.3. The van der Waals surface area contributed by atoms with Crippen LogP contribution in [0.4, 0.5) is 26.3 Å². The van der Waals surface area contributed by atoms with Gasteiger partial charge in [0.15, 0.2) is 17.7 Å². The van der Waals surface area contributed by atoms with E-state index >= 15 is 26.3 Å². The minimum Gasteiger partial charge on any atom is -0.495 e. The first kappa shape index (κ1) is 25.2. The molecule has 0 heterocycles. The Balaban J connectivity index is 1.75. The standard InChI is InChI=1S/C27H26F6O2/c1-4-6-16-7-9-17(10-8-16)15-35-20-13-11-18-19-12-14-21(34-5-2)24(29)25(19,3)27(32,33)26(30,31)22(18)23(20)28/h7-14,24H,4-6,15H2,1-3H3. The van der Waals surface area contributed by atoms with Crippen molar-refractivity contribution in [1.82, 2.24) is 0 Å². The summed E-state index contributed by atoms with van der Waals surface area (Å²) in [5.74, 6) is -12.6. The minimum absolute atomic E-state index is 0.0271. The Morgan fingerprint density at radius 1 is 0.886 bits per heavy atom. The zero-order valence-corrected chi connectivity index (χ0v) is 19.6. The van der Waals surface area contributed by atoms with E-state index in [9.17, 15) is 0 Å². The maximum Gasteiger partial charge on any atom is 0.339 e. The lowest BCUT2D eigenvalue weighted by molar-refractivity contribution is -0.274. The second-order valence-electron chi connectivity index (χ2n) is 8.95. The van der Waals surface area contributed by atoms with Crippen LogP contribution in [-0.4, -0.2) is 18.7 Å². The summed E-state index contributed by atoms with van der Waals surface area (Å²) >= 11 is 0. The Bertz CT molecular complexity index is 1170. The van der Waals surface area contributed by atoms with Gasteiger partial charge in [-0.1, -0.05) is 49.8 Å². The van der Waals surface area contributed by atoms with E-state index in [0.29, 0.717) is 5.56 Å². The van der Waals surface area contributed by atoms with Crippen LogP contribution in [-0.2, 0) is 23.7 Å². The van der Waals surface area contributed by atoms with Crippen LogP contribution >= 0.6 is 0 Å². The number of hydrogen-bond donors (Lipinski definition) is 0. The highest BCUT2D eigenvalue weighted by Gasteiger charge is 2.76. The third-order valence-corrected chi connectivity index (χ3v) is 6.75. The molecule has 0 spiro atoms. The molecule has 0 saturated carbocycles. The molecule has 188 valence electrons. The van der Waals surface area contributed by atoms with Crippen molar-refractivity contribution in [3.8, 4) is 5.75 Å². The summed E-state index contributed by atoms with van der Waals surface area (Å²) < 4.78 is 102. The van der Waals surface area contributed by atoms with E-state index in [1.165, 1.54) is 6.92 Å². The lowest BCUT2D eigenvalue weighted by atomic mass is 9.60. The molecule has 2 aromatic rings. The van der Waals surface area contributed by atoms with Crippen LogP contribution in [0, 0.1) is 11.2 Å². The molecule has 0 amide bonds. The topological polar surface area (TPSA) is 18.5 Å². The largest absolute Gasteiger partial charge is 0.495 e. The first-order valence-electron chi connectivity index (χ1n) is 11.5. The number of halogens is 6. The molecule has 0 bridgehead atoms. The third-order valence-electron chi connectivity index (χ3n) is 6.75. The summed E-state index contributed by atoms with van der Waals surface area (Å²) in [5.41, 5.74) is -3.59. The summed E-state index contributed by atoms with van der Waals surface area (Å²) in [6.07, 6.45) is 1.53. The zero-order chi connectivity index (χ0) is 25.6. The number of alkyl halides is 5. The number of rotatable bonds is 7. The molecule has 0 N–H and O–H groups in total. The highest BCUT2D eigenvalue weighted by Crippen LogP contribution is 2.67. The van der Waals surface area contributed by atoms with Crippen molar-refractivity contribution in [2.24, 2.45) is 5.41 Å². The number of aryl methyl sites for hydroxylation is 1. The van der Waals surface area contributed by atoms with Gasteiger partial charge in [-0.3, -0.25) is 0 Å². The molecule has 0 saturated heterocycles. The van der Waals surface area contributed by atoms with Crippen molar-refractivity contribution in [2.75, 3.05) is 6.61 Å². The van der Waals surface area contributed by atoms with E-state index in [1.54, 1.807) is 12.1 Å². The van der Waals surface area contributed by atoms with E-state index in [4.69, 9.17) is 9.47 Å². The van der Waals surface area contributed by atoms with Gasteiger partial charge in [0.25, 0.3) is 0 Å². The fourth-order valence-electron chi connectivity index (χ4n) is 4.76. The lowest BCUT2D eigenvalue weighted by Gasteiger charge is -2.50. The Hall–Kier alpha value is -2.90. The van der Waals surface area contributed by atoms with Gasteiger partial charge in [0.2, 0.25) is 0 Å². The van der Waals surface area contributed by atoms with Gasteiger partial charge in [-0.15, -0.1) is 0 Å². The van der Waals surface area contributed by atoms with Crippen LogP contribution < -0.4 is 4.74 Å². The predicted molar refractivity (Wildman–Crippen MR) is 121 cm³/mol. The number of ether oxygens (including phenoxy) is 2. The Labute approximate surface area is 200 Å². The second kappa shape index (κ2) is 8.95. The smallest absolute Gasteiger partial charge is 0.339 e. The maximum absolute atomic E-state index is 15.4. The van der Waals surface area contributed by atoms with E-state index < -0.39 is 57.5 Å². The average molecular weight is 496 g/mol. The van der Waals surface area contributed by atoms with Gasteiger partial charge in [0, 0.05) is 0 Å². The fraction of sp³-hybridized carbons (Fsp3) is 0.407. The molecule has 35 heavy (non-hydrogen) atoms. The molecule has 0 radical (unpaired) electrons. The Morgan fingerprint density at radius 3 is 2.17 bits per heavy atom. The van der Waals surface area contributed by atoms with Gasteiger partial charge < -0.3 is 9.47 Å². The van der Waals surface area contributed by atoms with Gasteiger partial charge in [-0.2, -0.15) is 17.6 Å². The number of fused-ring (bicyclic) bond motifs is 3. The SMILES string of the molecule is CCCc1ccc(COc2ccc3c(c2F)C(F)(F)C(F)(F)C2(C)C3=CC=C(OCC)C2F)cc1. The van der Waals surface area contributed by atoms with E-state index in [0.717, 1.165) is 49.6 Å². The van der Waals surface area contributed by atoms with Gasteiger partial charge in [-0.25, -0.2) is 8.78 Å². The van der Waals surface area contributed by atoms with Gasteiger partial charge in [0.05, 0.1) is 12.2 Å². The van der Waals surface area contributed by atoms with Crippen molar-refractivity contribution >= 4 is 5.57 Å². The molecule has 0 aliphatic heterocycles. The molecule has 4 rings (SSSR count). The monoisotopic (exact) mass is 496 g/mol. The Kier molecular flexibility index (Phi) is 6.45. The molecule has 2 atom stereocenters. The van der Waals surface area contributed by atoms with Crippen LogP contribution in [0.1, 0.15) is 49.4 Å². The van der Waals surface area contributed by atoms with Crippen LogP contribution in [0.25, 0.3) is 5.57 Å². The van der Waals surface area contributed by atoms with Gasteiger partial charge in [-0.05, 0) is 54.7 Å². The predicted octanol–water partition coefficient (Wildman–Crippen LogP) is 7.76. The van der Waals surface area contributed by atoms with E-state index in [-0.39, 0.29) is 13.2 Å². The van der Waals surface area contributed by atoms with Crippen molar-refractivity contribution in [2.45, 2.75) is 58.2 Å².